The first-order valence-corrected chi connectivity index (χ1v) is 6.09. The molecule has 17 heavy (non-hydrogen) atoms. The van der Waals surface area contributed by atoms with E-state index in [9.17, 15) is 10.1 Å². The molecule has 0 aromatic rings. The third-order valence-electron chi connectivity index (χ3n) is 2.88. The van der Waals surface area contributed by atoms with Crippen LogP contribution in [0.2, 0.25) is 0 Å². The number of hydrogen-bond acceptors (Lipinski definition) is 4. The van der Waals surface area contributed by atoms with E-state index in [0.717, 1.165) is 19.3 Å². The summed E-state index contributed by atoms with van der Waals surface area (Å²) in [5.41, 5.74) is -1.97. The topological polar surface area (TPSA) is 58.9 Å². The van der Waals surface area contributed by atoms with E-state index in [2.05, 4.69) is 6.92 Å². The maximum Gasteiger partial charge on any atom is 0.710 e. The van der Waals surface area contributed by atoms with Gasteiger partial charge in [0.25, 0.3) is 0 Å². The number of aliphatic hydroxyl groups is 1. The van der Waals surface area contributed by atoms with Crippen LogP contribution in [0.1, 0.15) is 53.9 Å². The fourth-order valence-corrected chi connectivity index (χ4v) is 0.937. The van der Waals surface area contributed by atoms with Gasteiger partial charge in [-0.05, 0) is 40.5 Å². The molecular formula is C12H25BO4. The van der Waals surface area contributed by atoms with Gasteiger partial charge in [-0.3, -0.25) is 0 Å². The molecule has 4 nitrogen and oxygen atoms in total. The van der Waals surface area contributed by atoms with Crippen molar-refractivity contribution in [3.05, 3.63) is 12.3 Å². The van der Waals surface area contributed by atoms with Gasteiger partial charge in [0.05, 0.1) is 17.5 Å². The van der Waals surface area contributed by atoms with Gasteiger partial charge in [0.15, 0.2) is 0 Å². The van der Waals surface area contributed by atoms with E-state index in [1.54, 1.807) is 27.7 Å². The van der Waals surface area contributed by atoms with Crippen molar-refractivity contribution in [1.29, 1.82) is 0 Å². The molecule has 0 unspecified atom stereocenters. The van der Waals surface area contributed by atoms with Crippen LogP contribution in [0.4, 0.5) is 0 Å². The molecule has 2 N–H and O–H groups in total. The summed E-state index contributed by atoms with van der Waals surface area (Å²) in [6.07, 6.45) is 6.40. The second kappa shape index (κ2) is 7.04. The van der Waals surface area contributed by atoms with Gasteiger partial charge < -0.3 is 19.4 Å². The Kier molecular flexibility index (Phi) is 6.83. The van der Waals surface area contributed by atoms with Gasteiger partial charge in [-0.25, -0.2) is 0 Å². The minimum Gasteiger partial charge on any atom is -0.519 e. The zero-order valence-corrected chi connectivity index (χ0v) is 11.6. The molecule has 0 amide bonds. The summed E-state index contributed by atoms with van der Waals surface area (Å²) < 4.78 is 10.2. The van der Waals surface area contributed by atoms with Crippen molar-refractivity contribution in [2.75, 3.05) is 0 Å². The van der Waals surface area contributed by atoms with Gasteiger partial charge in [0.1, 0.15) is 0 Å². The number of hydrogen-bond donors (Lipinski definition) is 2. The molecule has 0 fully saturated rings. The molecule has 0 aliphatic rings. The standard InChI is InChI=1S/C12H25BO4/c1-6-7-8-9-10-16-13(15)17-12(4,5)11(2,3)14/h9-10,14-15H,6-8H2,1-5H3. The van der Waals surface area contributed by atoms with Gasteiger partial charge in [0.2, 0.25) is 0 Å². The Morgan fingerprint density at radius 3 is 2.29 bits per heavy atom. The third-order valence-corrected chi connectivity index (χ3v) is 2.88. The highest BCUT2D eigenvalue weighted by molar-refractivity contribution is 6.35. The molecule has 100 valence electrons. The Hall–Kier alpha value is -0.515. The molecule has 0 rings (SSSR count). The maximum absolute atomic E-state index is 9.83. The molecule has 0 atom stereocenters. The van der Waals surface area contributed by atoms with Crippen LogP contribution < -0.4 is 0 Å². The summed E-state index contributed by atoms with van der Waals surface area (Å²) >= 11 is 0. The van der Waals surface area contributed by atoms with Crippen LogP contribution in [-0.2, 0) is 9.31 Å². The zero-order valence-electron chi connectivity index (χ0n) is 11.6. The summed E-state index contributed by atoms with van der Waals surface area (Å²) in [6.45, 7) is 8.74. The Labute approximate surface area is 105 Å². The fraction of sp³-hybridized carbons (Fsp3) is 0.833. The van der Waals surface area contributed by atoms with Gasteiger partial charge in [-0.2, -0.15) is 0 Å². The van der Waals surface area contributed by atoms with Gasteiger partial charge in [-0.1, -0.05) is 19.4 Å². The SMILES string of the molecule is CCCCC=COB(O)OC(C)(C)C(C)(C)O. The monoisotopic (exact) mass is 244 g/mol. The van der Waals surface area contributed by atoms with E-state index in [1.165, 1.54) is 6.26 Å². The predicted molar refractivity (Wildman–Crippen MR) is 69.2 cm³/mol. The van der Waals surface area contributed by atoms with E-state index >= 15 is 0 Å². The maximum atomic E-state index is 9.83. The molecule has 0 heterocycles. The highest BCUT2D eigenvalue weighted by Gasteiger charge is 2.40. The number of rotatable bonds is 8. The van der Waals surface area contributed by atoms with Crippen molar-refractivity contribution in [3.63, 3.8) is 0 Å². The van der Waals surface area contributed by atoms with Crippen molar-refractivity contribution in [3.8, 4) is 0 Å². The second-order valence-electron chi connectivity index (χ2n) is 5.14. The van der Waals surface area contributed by atoms with Gasteiger partial charge in [0, 0.05) is 0 Å². The molecule has 0 bridgehead atoms. The van der Waals surface area contributed by atoms with Gasteiger partial charge >= 0.3 is 7.32 Å². The van der Waals surface area contributed by atoms with Crippen molar-refractivity contribution in [2.24, 2.45) is 0 Å². The zero-order chi connectivity index (χ0) is 13.5. The highest BCUT2D eigenvalue weighted by atomic mass is 16.7. The molecule has 0 saturated carbocycles. The first kappa shape index (κ1) is 16.5. The molecule has 0 aromatic carbocycles. The van der Waals surface area contributed by atoms with Crippen molar-refractivity contribution in [1.82, 2.24) is 0 Å². The van der Waals surface area contributed by atoms with Crippen LogP contribution in [0.3, 0.4) is 0 Å². The summed E-state index contributed by atoms with van der Waals surface area (Å²) in [5, 5.41) is 19.3. The molecule has 5 heteroatoms. The second-order valence-corrected chi connectivity index (χ2v) is 5.14. The Morgan fingerprint density at radius 2 is 1.82 bits per heavy atom. The average Bonchev–Trinajstić information content (AvgIpc) is 2.14. The first-order valence-electron chi connectivity index (χ1n) is 6.09. The molecule has 0 aliphatic heterocycles. The summed E-state index contributed by atoms with van der Waals surface area (Å²) in [7, 11) is -1.37. The van der Waals surface area contributed by atoms with E-state index in [-0.39, 0.29) is 0 Å². The average molecular weight is 244 g/mol. The van der Waals surface area contributed by atoms with Crippen LogP contribution in [0.25, 0.3) is 0 Å². The Bertz CT molecular complexity index is 233. The smallest absolute Gasteiger partial charge is 0.519 e. The molecule has 0 aliphatic carbocycles. The van der Waals surface area contributed by atoms with E-state index < -0.39 is 18.5 Å². The quantitative estimate of drug-likeness (QED) is 0.390. The molecule has 0 radical (unpaired) electrons. The largest absolute Gasteiger partial charge is 0.710 e. The fourth-order valence-electron chi connectivity index (χ4n) is 0.937. The lowest BCUT2D eigenvalue weighted by atomic mass is 9.88. The molecule has 0 aromatic heterocycles. The first-order chi connectivity index (χ1) is 7.70. The van der Waals surface area contributed by atoms with Crippen molar-refractivity contribution < 1.29 is 19.4 Å². The van der Waals surface area contributed by atoms with Crippen molar-refractivity contribution >= 4 is 7.32 Å². The minimum atomic E-state index is -1.37. The lowest BCUT2D eigenvalue weighted by Gasteiger charge is -2.37. The van der Waals surface area contributed by atoms with Gasteiger partial charge in [-0.15, -0.1) is 0 Å². The molecule has 0 saturated heterocycles. The summed E-state index contributed by atoms with van der Waals surface area (Å²) in [4.78, 5) is 0. The van der Waals surface area contributed by atoms with E-state index in [0.29, 0.717) is 0 Å². The van der Waals surface area contributed by atoms with Crippen LogP contribution >= 0.6 is 0 Å². The van der Waals surface area contributed by atoms with Crippen LogP contribution in [-0.4, -0.2) is 28.7 Å². The van der Waals surface area contributed by atoms with Crippen molar-refractivity contribution in [2.45, 2.75) is 65.1 Å². The van der Waals surface area contributed by atoms with E-state index in [4.69, 9.17) is 9.31 Å². The highest BCUT2D eigenvalue weighted by Crippen LogP contribution is 2.25. The third kappa shape index (κ3) is 6.71. The normalized spacial score (nSPS) is 13.1. The van der Waals surface area contributed by atoms with Crippen LogP contribution in [0, 0.1) is 0 Å². The minimum absolute atomic E-state index is 0.899. The lowest BCUT2D eigenvalue weighted by Crippen LogP contribution is -2.50. The molecular weight excluding hydrogens is 219 g/mol. The van der Waals surface area contributed by atoms with E-state index in [1.807, 2.05) is 6.08 Å². The Balaban J connectivity index is 4.01. The lowest BCUT2D eigenvalue weighted by molar-refractivity contribution is -0.109. The van der Waals surface area contributed by atoms with Crippen LogP contribution in [0.15, 0.2) is 12.3 Å². The number of unbranched alkanes of at least 4 members (excludes halogenated alkanes) is 2. The number of allylic oxidation sites excluding steroid dienone is 1. The van der Waals surface area contributed by atoms with Crippen LogP contribution in [0.5, 0.6) is 0 Å². The molecule has 0 spiro atoms. The summed E-state index contributed by atoms with van der Waals surface area (Å²) in [6, 6.07) is 0. The Morgan fingerprint density at radius 1 is 1.24 bits per heavy atom. The predicted octanol–water partition coefficient (Wildman–Crippen LogP) is 2.25. The summed E-state index contributed by atoms with van der Waals surface area (Å²) in [5.74, 6) is 0.